The van der Waals surface area contributed by atoms with Crippen molar-refractivity contribution in [2.24, 2.45) is 0 Å². The van der Waals surface area contributed by atoms with E-state index in [2.05, 4.69) is 5.32 Å². The monoisotopic (exact) mass is 384 g/mol. The Bertz CT molecular complexity index is 1010. The Labute approximate surface area is 171 Å². The average molecular weight is 384 g/mol. The molecule has 0 fully saturated rings. The number of anilines is 1. The van der Waals surface area contributed by atoms with Crippen LogP contribution in [0.15, 0.2) is 90.5 Å². The second-order valence-corrected chi connectivity index (χ2v) is 6.88. The lowest BCUT2D eigenvalue weighted by molar-refractivity contribution is -0.112. The summed E-state index contributed by atoms with van der Waals surface area (Å²) in [5.41, 5.74) is 3.53. The van der Waals surface area contributed by atoms with Crippen molar-refractivity contribution in [2.75, 3.05) is 12.4 Å². The van der Waals surface area contributed by atoms with E-state index in [9.17, 15) is 9.59 Å². The molecule has 3 rings (SSSR count). The third-order valence-electron chi connectivity index (χ3n) is 4.56. The van der Waals surface area contributed by atoms with Crippen LogP contribution in [0.25, 0.3) is 6.08 Å². The van der Waals surface area contributed by atoms with E-state index in [1.165, 1.54) is 0 Å². The van der Waals surface area contributed by atoms with Crippen LogP contribution in [0.1, 0.15) is 28.4 Å². The molecule has 2 amide bonds. The molecule has 1 N–H and O–H groups in total. The molecule has 0 aliphatic carbocycles. The van der Waals surface area contributed by atoms with Crippen LogP contribution < -0.4 is 5.32 Å². The Morgan fingerprint density at radius 3 is 2.14 bits per heavy atom. The number of carbonyl (C=O) groups excluding carboxylic acids is 2. The van der Waals surface area contributed by atoms with Crippen molar-refractivity contribution in [3.05, 3.63) is 107 Å². The van der Waals surface area contributed by atoms with Gasteiger partial charge in [0.2, 0.25) is 0 Å². The summed E-state index contributed by atoms with van der Waals surface area (Å²) in [5, 5.41) is 2.88. The minimum Gasteiger partial charge on any atom is -0.337 e. The number of para-hydroxylation sites is 1. The lowest BCUT2D eigenvalue weighted by Gasteiger charge is -2.19. The van der Waals surface area contributed by atoms with E-state index in [0.29, 0.717) is 23.4 Å². The molecule has 146 valence electrons. The Hall–Kier alpha value is -3.66. The van der Waals surface area contributed by atoms with Gasteiger partial charge in [-0.15, -0.1) is 0 Å². The lowest BCUT2D eigenvalue weighted by Crippen LogP contribution is -2.27. The highest BCUT2D eigenvalue weighted by atomic mass is 16.2. The first-order valence-corrected chi connectivity index (χ1v) is 9.47. The van der Waals surface area contributed by atoms with Gasteiger partial charge in [0, 0.05) is 19.2 Å². The van der Waals surface area contributed by atoms with Gasteiger partial charge in [-0.1, -0.05) is 72.8 Å². The number of benzene rings is 3. The fraction of sp³-hybridized carbons (Fsp3) is 0.120. The van der Waals surface area contributed by atoms with Gasteiger partial charge in [0.15, 0.2) is 0 Å². The van der Waals surface area contributed by atoms with Gasteiger partial charge in [0.1, 0.15) is 0 Å². The van der Waals surface area contributed by atoms with Crippen molar-refractivity contribution in [1.29, 1.82) is 0 Å². The molecule has 0 aliphatic heterocycles. The van der Waals surface area contributed by atoms with Crippen molar-refractivity contribution in [3.63, 3.8) is 0 Å². The number of amides is 2. The number of hydrogen-bond acceptors (Lipinski definition) is 2. The first-order valence-electron chi connectivity index (χ1n) is 9.47. The molecule has 0 spiro atoms. The molecule has 29 heavy (non-hydrogen) atoms. The van der Waals surface area contributed by atoms with Gasteiger partial charge in [-0.2, -0.15) is 0 Å². The predicted molar refractivity (Wildman–Crippen MR) is 117 cm³/mol. The smallest absolute Gasteiger partial charge is 0.256 e. The maximum Gasteiger partial charge on any atom is 0.256 e. The minimum absolute atomic E-state index is 0.144. The van der Waals surface area contributed by atoms with Crippen molar-refractivity contribution in [1.82, 2.24) is 4.90 Å². The fourth-order valence-corrected chi connectivity index (χ4v) is 3.00. The quantitative estimate of drug-likeness (QED) is 0.608. The van der Waals surface area contributed by atoms with Gasteiger partial charge in [0.25, 0.3) is 11.8 Å². The SMILES string of the molecule is C/C(=C\c1ccccc1)C(=O)Nc1ccccc1C(=O)N(C)Cc1ccccc1. The van der Waals surface area contributed by atoms with E-state index < -0.39 is 0 Å². The predicted octanol–water partition coefficient (Wildman–Crippen LogP) is 5.00. The summed E-state index contributed by atoms with van der Waals surface area (Å²) < 4.78 is 0. The van der Waals surface area contributed by atoms with E-state index in [0.717, 1.165) is 11.1 Å². The van der Waals surface area contributed by atoms with Crippen LogP contribution in [0.4, 0.5) is 5.69 Å². The topological polar surface area (TPSA) is 49.4 Å². The summed E-state index contributed by atoms with van der Waals surface area (Å²) in [6, 6.07) is 26.5. The molecule has 0 saturated heterocycles. The van der Waals surface area contributed by atoms with Crippen LogP contribution in [0.5, 0.6) is 0 Å². The van der Waals surface area contributed by atoms with Gasteiger partial charge in [-0.05, 0) is 36.3 Å². The van der Waals surface area contributed by atoms with Crippen LogP contribution in [-0.4, -0.2) is 23.8 Å². The van der Waals surface area contributed by atoms with Crippen LogP contribution in [-0.2, 0) is 11.3 Å². The summed E-state index contributed by atoms with van der Waals surface area (Å²) in [6.45, 7) is 2.25. The molecule has 4 heteroatoms. The molecule has 3 aromatic carbocycles. The molecule has 0 aliphatic rings. The third kappa shape index (κ3) is 5.42. The number of carbonyl (C=O) groups is 2. The fourth-order valence-electron chi connectivity index (χ4n) is 3.00. The first kappa shape index (κ1) is 20.1. The molecule has 3 aromatic rings. The Kier molecular flexibility index (Phi) is 6.59. The maximum absolute atomic E-state index is 13.0. The van der Waals surface area contributed by atoms with Crippen LogP contribution in [0, 0.1) is 0 Å². The second-order valence-electron chi connectivity index (χ2n) is 6.88. The summed E-state index contributed by atoms with van der Waals surface area (Å²) in [4.78, 5) is 27.3. The third-order valence-corrected chi connectivity index (χ3v) is 4.56. The first-order chi connectivity index (χ1) is 14.0. The van der Waals surface area contributed by atoms with Gasteiger partial charge in [0.05, 0.1) is 11.3 Å². The highest BCUT2D eigenvalue weighted by molar-refractivity contribution is 6.10. The molecule has 0 bridgehead atoms. The molecule has 0 radical (unpaired) electrons. The molecule has 0 atom stereocenters. The van der Waals surface area contributed by atoms with Crippen molar-refractivity contribution < 1.29 is 9.59 Å². The zero-order valence-electron chi connectivity index (χ0n) is 16.6. The largest absolute Gasteiger partial charge is 0.337 e. The number of nitrogens with zero attached hydrogens (tertiary/aromatic N) is 1. The van der Waals surface area contributed by atoms with Crippen molar-refractivity contribution in [3.8, 4) is 0 Å². The van der Waals surface area contributed by atoms with E-state index in [1.54, 1.807) is 43.1 Å². The molecule has 0 heterocycles. The maximum atomic E-state index is 13.0. The Morgan fingerprint density at radius 2 is 1.45 bits per heavy atom. The molecular formula is C25H24N2O2. The number of nitrogens with one attached hydrogen (secondary N) is 1. The zero-order chi connectivity index (χ0) is 20.6. The minimum atomic E-state index is -0.236. The van der Waals surface area contributed by atoms with Crippen molar-refractivity contribution >= 4 is 23.6 Å². The molecule has 0 aromatic heterocycles. The highest BCUT2D eigenvalue weighted by Gasteiger charge is 2.17. The van der Waals surface area contributed by atoms with Gasteiger partial charge in [-0.3, -0.25) is 9.59 Å². The average Bonchev–Trinajstić information content (AvgIpc) is 2.75. The van der Waals surface area contributed by atoms with E-state index in [4.69, 9.17) is 0 Å². The number of rotatable bonds is 6. The Balaban J connectivity index is 1.75. The summed E-state index contributed by atoms with van der Waals surface area (Å²) in [7, 11) is 1.76. The molecular weight excluding hydrogens is 360 g/mol. The van der Waals surface area contributed by atoms with Gasteiger partial charge >= 0.3 is 0 Å². The van der Waals surface area contributed by atoms with Gasteiger partial charge < -0.3 is 10.2 Å². The van der Waals surface area contributed by atoms with Gasteiger partial charge in [-0.25, -0.2) is 0 Å². The van der Waals surface area contributed by atoms with Crippen LogP contribution >= 0.6 is 0 Å². The van der Waals surface area contributed by atoms with Crippen LogP contribution in [0.2, 0.25) is 0 Å². The van der Waals surface area contributed by atoms with E-state index in [-0.39, 0.29) is 11.8 Å². The zero-order valence-corrected chi connectivity index (χ0v) is 16.6. The summed E-state index contributed by atoms with van der Waals surface area (Å²) >= 11 is 0. The van der Waals surface area contributed by atoms with Crippen LogP contribution in [0.3, 0.4) is 0 Å². The number of hydrogen-bond donors (Lipinski definition) is 1. The summed E-state index contributed by atoms with van der Waals surface area (Å²) in [5.74, 6) is -0.380. The standard InChI is InChI=1S/C25H24N2O2/c1-19(17-20-11-5-3-6-12-20)24(28)26-23-16-10-9-15-22(23)25(29)27(2)18-21-13-7-4-8-14-21/h3-17H,18H2,1-2H3,(H,26,28)/b19-17+. The molecule has 0 unspecified atom stereocenters. The van der Waals surface area contributed by atoms with E-state index >= 15 is 0 Å². The highest BCUT2D eigenvalue weighted by Crippen LogP contribution is 2.19. The molecule has 0 saturated carbocycles. The van der Waals surface area contributed by atoms with Crippen molar-refractivity contribution in [2.45, 2.75) is 13.5 Å². The molecule has 4 nitrogen and oxygen atoms in total. The Morgan fingerprint density at radius 1 is 0.862 bits per heavy atom. The van der Waals surface area contributed by atoms with E-state index in [1.807, 2.05) is 66.7 Å². The second kappa shape index (κ2) is 9.51. The normalized spacial score (nSPS) is 11.0. The lowest BCUT2D eigenvalue weighted by atomic mass is 10.1. The summed E-state index contributed by atoms with van der Waals surface area (Å²) in [6.07, 6.45) is 1.82.